The van der Waals surface area contributed by atoms with Crippen LogP contribution >= 0.6 is 0 Å². The Kier molecular flexibility index (Phi) is 4.73. The zero-order valence-corrected chi connectivity index (χ0v) is 15.7. The molecule has 6 heteroatoms. The number of ether oxygens (including phenoxy) is 2. The summed E-state index contributed by atoms with van der Waals surface area (Å²) in [7, 11) is 0. The van der Waals surface area contributed by atoms with Crippen molar-refractivity contribution in [2.24, 2.45) is 16.7 Å². The van der Waals surface area contributed by atoms with Gasteiger partial charge >= 0.3 is 5.97 Å². The molecule has 0 unspecified atom stereocenters. The van der Waals surface area contributed by atoms with Gasteiger partial charge in [-0.2, -0.15) is 0 Å². The maximum absolute atomic E-state index is 12.7. The molecule has 2 atom stereocenters. The number of nitrogens with one attached hydrogen (secondary N) is 1. The van der Waals surface area contributed by atoms with Crippen molar-refractivity contribution in [3.63, 3.8) is 0 Å². The van der Waals surface area contributed by atoms with Gasteiger partial charge in [0.25, 0.3) is 0 Å². The minimum atomic E-state index is -0.975. The molecule has 1 aromatic rings. The molecule has 0 bridgehead atoms. The standard InChI is InChI=1S/C20H27NO5/c1-19(2)16(20(19,3)4)17(22)21-14-9-10-25-11-15(14)26-13-7-5-12(6-8-13)18(23)24/h5-8,14-16H,9-11H2,1-4H3,(H,21,22)(H,23,24)/t14-,15-/m1/s1. The van der Waals surface area contributed by atoms with Gasteiger partial charge in [-0.1, -0.05) is 27.7 Å². The smallest absolute Gasteiger partial charge is 0.335 e. The van der Waals surface area contributed by atoms with Crippen LogP contribution in [0, 0.1) is 16.7 Å². The SMILES string of the molecule is CC1(C)C(C(=O)N[C@@H]2CCOC[C@H]2Oc2ccc(C(=O)O)cc2)C1(C)C. The summed E-state index contributed by atoms with van der Waals surface area (Å²) in [6.45, 7) is 9.47. The molecule has 0 aromatic heterocycles. The molecule has 142 valence electrons. The van der Waals surface area contributed by atoms with Crippen molar-refractivity contribution in [1.82, 2.24) is 5.32 Å². The Morgan fingerprint density at radius 1 is 1.15 bits per heavy atom. The van der Waals surface area contributed by atoms with Crippen LogP contribution in [0.15, 0.2) is 24.3 Å². The predicted octanol–water partition coefficient (Wildman–Crippen LogP) is 2.72. The van der Waals surface area contributed by atoms with Gasteiger partial charge in [0, 0.05) is 12.5 Å². The van der Waals surface area contributed by atoms with Crippen LogP contribution in [0.2, 0.25) is 0 Å². The van der Waals surface area contributed by atoms with Gasteiger partial charge in [-0.25, -0.2) is 4.79 Å². The summed E-state index contributed by atoms with van der Waals surface area (Å²) in [6.07, 6.45) is 0.394. The lowest BCUT2D eigenvalue weighted by Gasteiger charge is -2.32. The molecule has 0 spiro atoms. The van der Waals surface area contributed by atoms with E-state index in [4.69, 9.17) is 14.6 Å². The molecule has 1 saturated heterocycles. The minimum Gasteiger partial charge on any atom is -0.486 e. The molecule has 0 radical (unpaired) electrons. The Bertz CT molecular complexity index is 681. The predicted molar refractivity (Wildman–Crippen MR) is 96.2 cm³/mol. The van der Waals surface area contributed by atoms with Crippen LogP contribution in [-0.2, 0) is 9.53 Å². The first-order valence-corrected chi connectivity index (χ1v) is 9.02. The van der Waals surface area contributed by atoms with E-state index >= 15 is 0 Å². The van der Waals surface area contributed by atoms with Crippen LogP contribution in [0.1, 0.15) is 44.5 Å². The highest BCUT2D eigenvalue weighted by atomic mass is 16.5. The molecule has 6 nitrogen and oxygen atoms in total. The number of hydrogen-bond donors (Lipinski definition) is 2. The average Bonchev–Trinajstić information content (AvgIpc) is 2.99. The van der Waals surface area contributed by atoms with E-state index in [0.29, 0.717) is 25.4 Å². The molecule has 2 aliphatic rings. The van der Waals surface area contributed by atoms with E-state index in [9.17, 15) is 9.59 Å². The van der Waals surface area contributed by atoms with Crippen molar-refractivity contribution in [2.75, 3.05) is 13.2 Å². The molecular formula is C20H27NO5. The van der Waals surface area contributed by atoms with Crippen LogP contribution < -0.4 is 10.1 Å². The first-order chi connectivity index (χ1) is 12.1. The summed E-state index contributed by atoms with van der Waals surface area (Å²) in [6, 6.07) is 6.14. The van der Waals surface area contributed by atoms with E-state index in [1.54, 1.807) is 12.1 Å². The quantitative estimate of drug-likeness (QED) is 0.842. The van der Waals surface area contributed by atoms with Crippen LogP contribution in [-0.4, -0.2) is 42.3 Å². The van der Waals surface area contributed by atoms with Crippen LogP contribution in [0.5, 0.6) is 5.75 Å². The number of aromatic carboxylic acids is 1. The Morgan fingerprint density at radius 3 is 2.31 bits per heavy atom. The van der Waals surface area contributed by atoms with E-state index in [0.717, 1.165) is 0 Å². The first-order valence-electron chi connectivity index (χ1n) is 9.02. The Hall–Kier alpha value is -2.08. The molecule has 26 heavy (non-hydrogen) atoms. The molecule has 2 N–H and O–H groups in total. The van der Waals surface area contributed by atoms with Gasteiger partial charge in [-0.15, -0.1) is 0 Å². The van der Waals surface area contributed by atoms with Crippen molar-refractivity contribution in [3.05, 3.63) is 29.8 Å². The topological polar surface area (TPSA) is 84.9 Å². The van der Waals surface area contributed by atoms with Gasteiger partial charge < -0.3 is 19.9 Å². The largest absolute Gasteiger partial charge is 0.486 e. The molecule has 2 fully saturated rings. The molecule has 1 heterocycles. The van der Waals surface area contributed by atoms with Gasteiger partial charge in [-0.05, 0) is 41.5 Å². The maximum Gasteiger partial charge on any atom is 0.335 e. The maximum atomic E-state index is 12.7. The summed E-state index contributed by atoms with van der Waals surface area (Å²) in [5, 5.41) is 12.1. The molecular weight excluding hydrogens is 334 g/mol. The molecule has 1 aromatic carbocycles. The lowest BCUT2D eigenvalue weighted by atomic mass is 10.0. The zero-order valence-electron chi connectivity index (χ0n) is 15.7. The lowest BCUT2D eigenvalue weighted by molar-refractivity contribution is -0.126. The number of carbonyl (C=O) groups is 2. The summed E-state index contributed by atoms with van der Waals surface area (Å²) in [5.41, 5.74) is 0.191. The second kappa shape index (κ2) is 6.58. The second-order valence-electron chi connectivity index (χ2n) is 8.34. The molecule has 1 aliphatic carbocycles. The average molecular weight is 361 g/mol. The third-order valence-electron chi connectivity index (χ3n) is 6.30. The lowest BCUT2D eigenvalue weighted by Crippen LogP contribution is -2.52. The number of carboxylic acids is 1. The zero-order chi connectivity index (χ0) is 19.1. The number of benzene rings is 1. The number of hydrogen-bond acceptors (Lipinski definition) is 4. The summed E-state index contributed by atoms with van der Waals surface area (Å²) in [5.74, 6) is -0.343. The van der Waals surface area contributed by atoms with Crippen LogP contribution in [0.25, 0.3) is 0 Å². The van der Waals surface area contributed by atoms with Crippen LogP contribution in [0.4, 0.5) is 0 Å². The van der Waals surface area contributed by atoms with Gasteiger partial charge in [0.2, 0.25) is 5.91 Å². The summed E-state index contributed by atoms with van der Waals surface area (Å²) in [4.78, 5) is 23.7. The number of rotatable bonds is 5. The third kappa shape index (κ3) is 3.30. The number of carbonyl (C=O) groups excluding carboxylic acids is 1. The Labute approximate surface area is 153 Å². The fourth-order valence-electron chi connectivity index (χ4n) is 3.96. The van der Waals surface area contributed by atoms with Crippen molar-refractivity contribution in [1.29, 1.82) is 0 Å². The minimum absolute atomic E-state index is 0.00616. The van der Waals surface area contributed by atoms with E-state index in [2.05, 4.69) is 33.0 Å². The van der Waals surface area contributed by atoms with Gasteiger partial charge in [0.15, 0.2) is 0 Å². The highest BCUT2D eigenvalue weighted by Gasteiger charge is 2.68. The van der Waals surface area contributed by atoms with E-state index < -0.39 is 5.97 Å². The molecule has 3 rings (SSSR count). The molecule has 1 saturated carbocycles. The van der Waals surface area contributed by atoms with Gasteiger partial charge in [-0.3, -0.25) is 4.79 Å². The molecule has 1 aliphatic heterocycles. The third-order valence-corrected chi connectivity index (χ3v) is 6.30. The van der Waals surface area contributed by atoms with Crippen molar-refractivity contribution >= 4 is 11.9 Å². The fraction of sp³-hybridized carbons (Fsp3) is 0.600. The van der Waals surface area contributed by atoms with Crippen molar-refractivity contribution in [2.45, 2.75) is 46.3 Å². The second-order valence-corrected chi connectivity index (χ2v) is 8.34. The highest BCUT2D eigenvalue weighted by molar-refractivity contribution is 5.87. The van der Waals surface area contributed by atoms with Crippen molar-refractivity contribution in [3.8, 4) is 5.75 Å². The fourth-order valence-corrected chi connectivity index (χ4v) is 3.96. The number of amides is 1. The summed E-state index contributed by atoms with van der Waals surface area (Å²) < 4.78 is 11.5. The van der Waals surface area contributed by atoms with Crippen molar-refractivity contribution < 1.29 is 24.2 Å². The van der Waals surface area contributed by atoms with E-state index in [1.165, 1.54) is 12.1 Å². The normalized spacial score (nSPS) is 26.8. The first kappa shape index (κ1) is 18.7. The van der Waals surface area contributed by atoms with E-state index in [1.807, 2.05) is 0 Å². The molecule has 1 amide bonds. The van der Waals surface area contributed by atoms with E-state index in [-0.39, 0.29) is 40.4 Å². The van der Waals surface area contributed by atoms with Crippen LogP contribution in [0.3, 0.4) is 0 Å². The number of carboxylic acid groups (broad SMARTS) is 1. The summed E-state index contributed by atoms with van der Waals surface area (Å²) >= 11 is 0. The Balaban J connectivity index is 1.65. The Morgan fingerprint density at radius 2 is 1.77 bits per heavy atom. The van der Waals surface area contributed by atoms with Gasteiger partial charge in [0.1, 0.15) is 11.9 Å². The monoisotopic (exact) mass is 361 g/mol. The van der Waals surface area contributed by atoms with Gasteiger partial charge in [0.05, 0.1) is 18.2 Å². The highest BCUT2D eigenvalue weighted by Crippen LogP contribution is 2.68.